The summed E-state index contributed by atoms with van der Waals surface area (Å²) in [7, 11) is 2.99. The molecule has 0 saturated carbocycles. The minimum atomic E-state index is -0.762. The third-order valence-electron chi connectivity index (χ3n) is 5.66. The van der Waals surface area contributed by atoms with Crippen LogP contribution in [0.3, 0.4) is 0 Å². The predicted octanol–water partition coefficient (Wildman–Crippen LogP) is 1.78. The number of nitrogens with one attached hydrogen (secondary N) is 1. The fourth-order valence-corrected chi connectivity index (χ4v) is 4.07. The number of aliphatic hydroxyl groups is 1. The number of carbonyl (C=O) groups excluding carboxylic acids is 2. The van der Waals surface area contributed by atoms with Crippen LogP contribution in [0.1, 0.15) is 39.7 Å². The Morgan fingerprint density at radius 2 is 2.09 bits per heavy atom. The Kier molecular flexibility index (Phi) is 6.82. The zero-order valence-corrected chi connectivity index (χ0v) is 19.0. The van der Waals surface area contributed by atoms with Crippen LogP contribution in [0.15, 0.2) is 24.4 Å². The lowest BCUT2D eigenvalue weighted by atomic mass is 9.85. The van der Waals surface area contributed by atoms with Gasteiger partial charge in [-0.05, 0) is 24.0 Å². The predicted molar refractivity (Wildman–Crippen MR) is 115 cm³/mol. The van der Waals surface area contributed by atoms with Crippen molar-refractivity contribution < 1.29 is 23.8 Å². The molecule has 0 bridgehead atoms. The summed E-state index contributed by atoms with van der Waals surface area (Å²) in [5.41, 5.74) is -0.0344. The van der Waals surface area contributed by atoms with Gasteiger partial charge in [0.05, 0.1) is 19.4 Å². The third-order valence-corrected chi connectivity index (χ3v) is 5.66. The summed E-state index contributed by atoms with van der Waals surface area (Å²) in [6, 6.07) is 3.26. The maximum absolute atomic E-state index is 14.5. The Hall–Kier alpha value is -3.01. The Morgan fingerprint density at radius 1 is 1.38 bits per heavy atom. The summed E-state index contributed by atoms with van der Waals surface area (Å²) in [4.78, 5) is 27.1. The van der Waals surface area contributed by atoms with E-state index in [1.54, 1.807) is 23.2 Å². The van der Waals surface area contributed by atoms with Crippen LogP contribution in [-0.2, 0) is 9.59 Å². The molecule has 2 amide bonds. The van der Waals surface area contributed by atoms with Gasteiger partial charge in [-0.15, -0.1) is 5.10 Å². The highest BCUT2D eigenvalue weighted by Gasteiger charge is 2.43. The highest BCUT2D eigenvalue weighted by molar-refractivity contribution is 5.83. The van der Waals surface area contributed by atoms with Gasteiger partial charge >= 0.3 is 0 Å². The molecule has 1 aliphatic rings. The van der Waals surface area contributed by atoms with Gasteiger partial charge < -0.3 is 20.1 Å². The molecule has 1 aromatic carbocycles. The summed E-state index contributed by atoms with van der Waals surface area (Å²) < 4.78 is 21.0. The summed E-state index contributed by atoms with van der Waals surface area (Å²) in [6.07, 6.45) is 1.28. The van der Waals surface area contributed by atoms with Crippen LogP contribution < -0.4 is 10.1 Å². The van der Waals surface area contributed by atoms with Crippen LogP contribution >= 0.6 is 0 Å². The number of amides is 2. The van der Waals surface area contributed by atoms with Gasteiger partial charge in [-0.3, -0.25) is 9.59 Å². The van der Waals surface area contributed by atoms with Crippen molar-refractivity contribution in [2.75, 3.05) is 20.7 Å². The van der Waals surface area contributed by atoms with Crippen LogP contribution in [0.4, 0.5) is 4.39 Å². The Balaban J connectivity index is 1.92. The number of β-amino-alcohol motifs (C(OH)–C–C–N with tert-alkyl or cyclic N) is 1. The first-order valence-corrected chi connectivity index (χ1v) is 10.5. The number of aliphatic hydroxyl groups excluding tert-OH is 1. The average Bonchev–Trinajstić information content (AvgIpc) is 3.33. The van der Waals surface area contributed by atoms with E-state index in [1.807, 2.05) is 20.8 Å². The van der Waals surface area contributed by atoms with Gasteiger partial charge in [-0.2, -0.15) is 0 Å². The first-order chi connectivity index (χ1) is 15.0. The second-order valence-electron chi connectivity index (χ2n) is 9.11. The van der Waals surface area contributed by atoms with Crippen LogP contribution in [0.2, 0.25) is 0 Å². The third kappa shape index (κ3) is 4.90. The molecule has 2 aromatic rings. The molecule has 2 N–H and O–H groups in total. The van der Waals surface area contributed by atoms with Gasteiger partial charge in [0, 0.05) is 37.7 Å². The number of hydrogen-bond donors (Lipinski definition) is 2. The average molecular weight is 448 g/mol. The number of rotatable bonds is 6. The second-order valence-corrected chi connectivity index (χ2v) is 9.11. The number of ether oxygens (including phenoxy) is 1. The first kappa shape index (κ1) is 23.6. The zero-order valence-electron chi connectivity index (χ0n) is 19.0. The van der Waals surface area contributed by atoms with Crippen molar-refractivity contribution in [3.8, 4) is 17.0 Å². The molecule has 0 aliphatic carbocycles. The summed E-state index contributed by atoms with van der Waals surface area (Å²) >= 11 is 0. The van der Waals surface area contributed by atoms with Gasteiger partial charge in [-0.1, -0.05) is 26.0 Å². The quantitative estimate of drug-likeness (QED) is 0.699. The first-order valence-electron chi connectivity index (χ1n) is 10.5. The topological polar surface area (TPSA) is 110 Å². The van der Waals surface area contributed by atoms with Gasteiger partial charge in [0.1, 0.15) is 23.3 Å². The minimum absolute atomic E-state index is 0.107. The van der Waals surface area contributed by atoms with Gasteiger partial charge in [-0.25, -0.2) is 9.07 Å². The van der Waals surface area contributed by atoms with Crippen molar-refractivity contribution in [3.63, 3.8) is 0 Å². The Bertz CT molecular complexity index is 987. The van der Waals surface area contributed by atoms with E-state index in [1.165, 1.54) is 24.9 Å². The lowest BCUT2D eigenvalue weighted by molar-refractivity contribution is -0.140. The summed E-state index contributed by atoms with van der Waals surface area (Å²) in [6.45, 7) is 5.82. The van der Waals surface area contributed by atoms with E-state index in [-0.39, 0.29) is 36.0 Å². The van der Waals surface area contributed by atoms with Crippen molar-refractivity contribution in [2.45, 2.75) is 51.8 Å². The maximum Gasteiger partial charge on any atom is 0.248 e. The molecule has 1 fully saturated rings. The highest BCUT2D eigenvalue weighted by Crippen LogP contribution is 2.35. The molecule has 174 valence electrons. The molecule has 10 heteroatoms. The Labute approximate surface area is 186 Å². The molecule has 1 saturated heterocycles. The number of likely N-dealkylation sites (tertiary alicyclic amines) is 1. The molecule has 3 rings (SSSR count). The summed E-state index contributed by atoms with van der Waals surface area (Å²) in [5, 5.41) is 21.0. The van der Waals surface area contributed by atoms with Crippen molar-refractivity contribution in [1.82, 2.24) is 25.2 Å². The van der Waals surface area contributed by atoms with Crippen molar-refractivity contribution >= 4 is 11.8 Å². The molecule has 3 atom stereocenters. The largest absolute Gasteiger partial charge is 0.497 e. The molecule has 1 aliphatic heterocycles. The number of benzene rings is 1. The lowest BCUT2D eigenvalue weighted by Crippen LogP contribution is -2.46. The fraction of sp³-hybridized carbons (Fsp3) is 0.545. The van der Waals surface area contributed by atoms with Crippen LogP contribution in [0, 0.1) is 11.2 Å². The SMILES string of the molecule is CNC(=O)C[C@@H]1C[C@@H](O)CN1C(=O)[C@@H](n1cc(-c2ccc(OC)cc2F)nn1)C(C)(C)C. The lowest BCUT2D eigenvalue weighted by Gasteiger charge is -2.34. The number of halogens is 1. The molecular formula is C22H30FN5O4. The van der Waals surface area contributed by atoms with Crippen molar-refractivity contribution in [1.29, 1.82) is 0 Å². The zero-order chi connectivity index (χ0) is 23.6. The number of methoxy groups -OCH3 is 1. The van der Waals surface area contributed by atoms with E-state index < -0.39 is 29.4 Å². The fourth-order valence-electron chi connectivity index (χ4n) is 4.07. The molecule has 1 aromatic heterocycles. The summed E-state index contributed by atoms with van der Waals surface area (Å²) in [5.74, 6) is -0.596. The normalized spacial score (nSPS) is 19.7. The van der Waals surface area contributed by atoms with E-state index in [0.717, 1.165) is 0 Å². The molecule has 0 radical (unpaired) electrons. The van der Waals surface area contributed by atoms with Gasteiger partial charge in [0.15, 0.2) is 0 Å². The molecule has 0 spiro atoms. The second kappa shape index (κ2) is 9.23. The molecule has 0 unspecified atom stereocenters. The molecular weight excluding hydrogens is 417 g/mol. The number of carbonyl (C=O) groups is 2. The smallest absolute Gasteiger partial charge is 0.248 e. The van der Waals surface area contributed by atoms with E-state index in [4.69, 9.17) is 4.74 Å². The monoisotopic (exact) mass is 447 g/mol. The van der Waals surface area contributed by atoms with E-state index in [9.17, 15) is 19.1 Å². The Morgan fingerprint density at radius 3 is 2.69 bits per heavy atom. The van der Waals surface area contributed by atoms with Crippen LogP contribution in [0.5, 0.6) is 5.75 Å². The van der Waals surface area contributed by atoms with E-state index in [0.29, 0.717) is 12.2 Å². The number of aromatic nitrogens is 3. The minimum Gasteiger partial charge on any atom is -0.497 e. The standard InChI is InChI=1S/C22H30FN5O4/c1-22(2,3)20(21(31)27-11-14(29)8-13(27)9-19(30)24-4)28-12-18(25-26-28)16-7-6-15(32-5)10-17(16)23/h6-7,10,12-14,20,29H,8-9,11H2,1-5H3,(H,24,30)/t13-,14+,20+/m0/s1. The number of hydrogen-bond acceptors (Lipinski definition) is 6. The van der Waals surface area contributed by atoms with Crippen LogP contribution in [-0.4, -0.2) is 69.7 Å². The van der Waals surface area contributed by atoms with Crippen molar-refractivity contribution in [3.05, 3.63) is 30.2 Å². The maximum atomic E-state index is 14.5. The highest BCUT2D eigenvalue weighted by atomic mass is 19.1. The van der Waals surface area contributed by atoms with Gasteiger partial charge in [0.2, 0.25) is 11.8 Å². The molecule has 32 heavy (non-hydrogen) atoms. The molecule has 2 heterocycles. The van der Waals surface area contributed by atoms with Gasteiger partial charge in [0.25, 0.3) is 0 Å². The van der Waals surface area contributed by atoms with E-state index >= 15 is 0 Å². The molecule has 9 nitrogen and oxygen atoms in total. The van der Waals surface area contributed by atoms with Crippen molar-refractivity contribution in [2.24, 2.45) is 5.41 Å². The van der Waals surface area contributed by atoms with Crippen LogP contribution in [0.25, 0.3) is 11.3 Å². The van der Waals surface area contributed by atoms with E-state index in [2.05, 4.69) is 15.6 Å². The number of nitrogens with zero attached hydrogens (tertiary/aromatic N) is 4.